The van der Waals surface area contributed by atoms with Crippen molar-refractivity contribution in [3.05, 3.63) is 58.6 Å². The zero-order valence-corrected chi connectivity index (χ0v) is 17.0. The van der Waals surface area contributed by atoms with Crippen LogP contribution in [0.25, 0.3) is 0 Å². The number of rotatable bonds is 8. The number of amides is 1. The van der Waals surface area contributed by atoms with Crippen LogP contribution in [0.2, 0.25) is 5.02 Å². The van der Waals surface area contributed by atoms with Crippen LogP contribution in [0.1, 0.15) is 42.1 Å². The van der Waals surface area contributed by atoms with Gasteiger partial charge in [0.15, 0.2) is 6.10 Å². The topological polar surface area (TPSA) is 90.7 Å². The van der Waals surface area contributed by atoms with Crippen molar-refractivity contribution in [2.24, 2.45) is 0 Å². The van der Waals surface area contributed by atoms with Gasteiger partial charge in [-0.05, 0) is 25.0 Å². The van der Waals surface area contributed by atoms with Crippen LogP contribution in [-0.4, -0.2) is 31.6 Å². The molecule has 2 rings (SSSR count). The van der Waals surface area contributed by atoms with Crippen molar-refractivity contribution in [1.29, 1.82) is 0 Å². The van der Waals surface area contributed by atoms with Gasteiger partial charge in [0, 0.05) is 18.5 Å². The number of ether oxygens (including phenoxy) is 2. The van der Waals surface area contributed by atoms with E-state index in [4.69, 9.17) is 26.8 Å². The lowest BCUT2D eigenvalue weighted by Gasteiger charge is -2.19. The number of halogens is 1. The molecular weight excluding hydrogens is 380 g/mol. The molecule has 7 heteroatoms. The lowest BCUT2D eigenvalue weighted by molar-refractivity contribution is -0.129. The smallest absolute Gasteiger partial charge is 0.342 e. The van der Waals surface area contributed by atoms with Crippen molar-refractivity contribution in [3.63, 3.8) is 0 Å². The van der Waals surface area contributed by atoms with Gasteiger partial charge in [-0.15, -0.1) is 0 Å². The summed E-state index contributed by atoms with van der Waals surface area (Å²) in [5.74, 6) is -0.668. The van der Waals surface area contributed by atoms with Gasteiger partial charge in [-0.25, -0.2) is 4.79 Å². The molecule has 3 N–H and O–H groups in total. The van der Waals surface area contributed by atoms with Crippen LogP contribution in [-0.2, 0) is 9.53 Å². The average Bonchev–Trinajstić information content (AvgIpc) is 2.70. The quantitative estimate of drug-likeness (QED) is 0.516. The number of hydrogen-bond acceptors (Lipinski definition) is 5. The van der Waals surface area contributed by atoms with Crippen molar-refractivity contribution in [2.75, 3.05) is 19.4 Å². The predicted molar refractivity (Wildman–Crippen MR) is 110 cm³/mol. The SMILES string of the molecule is CC[C@@H](CNC(=O)[C@@H](C)OC(=O)c1cc(Cl)c(N)cc1OC)c1ccccc1. The Kier molecular flexibility index (Phi) is 7.70. The van der Waals surface area contributed by atoms with Crippen molar-refractivity contribution >= 4 is 29.2 Å². The first-order valence-corrected chi connectivity index (χ1v) is 9.41. The maximum absolute atomic E-state index is 12.4. The molecule has 2 aromatic rings. The van der Waals surface area contributed by atoms with Crippen molar-refractivity contribution < 1.29 is 19.1 Å². The van der Waals surface area contributed by atoms with Gasteiger partial charge in [-0.3, -0.25) is 4.79 Å². The Bertz CT molecular complexity index is 827. The summed E-state index contributed by atoms with van der Waals surface area (Å²) >= 11 is 5.98. The summed E-state index contributed by atoms with van der Waals surface area (Å²) in [6.07, 6.45) is -0.0959. The van der Waals surface area contributed by atoms with E-state index in [1.807, 2.05) is 30.3 Å². The third-order valence-corrected chi connectivity index (χ3v) is 4.81. The van der Waals surface area contributed by atoms with Crippen LogP contribution in [0, 0.1) is 0 Å². The summed E-state index contributed by atoms with van der Waals surface area (Å²) in [7, 11) is 1.41. The highest BCUT2D eigenvalue weighted by Crippen LogP contribution is 2.29. The van der Waals surface area contributed by atoms with E-state index in [9.17, 15) is 9.59 Å². The van der Waals surface area contributed by atoms with Crippen LogP contribution in [0.15, 0.2) is 42.5 Å². The summed E-state index contributed by atoms with van der Waals surface area (Å²) in [6, 6.07) is 12.8. The number of methoxy groups -OCH3 is 1. The molecule has 2 atom stereocenters. The largest absolute Gasteiger partial charge is 0.496 e. The van der Waals surface area contributed by atoms with Crippen LogP contribution >= 0.6 is 11.6 Å². The molecular formula is C21H25ClN2O4. The first-order chi connectivity index (χ1) is 13.4. The third-order valence-electron chi connectivity index (χ3n) is 4.48. The van der Waals surface area contributed by atoms with E-state index in [-0.39, 0.29) is 33.8 Å². The van der Waals surface area contributed by atoms with Crippen LogP contribution < -0.4 is 15.8 Å². The second-order valence-electron chi connectivity index (χ2n) is 6.38. The van der Waals surface area contributed by atoms with Crippen LogP contribution in [0.3, 0.4) is 0 Å². The van der Waals surface area contributed by atoms with E-state index in [0.29, 0.717) is 6.54 Å². The molecule has 0 aliphatic rings. The average molecular weight is 405 g/mol. The number of carbonyl (C=O) groups excluding carboxylic acids is 2. The van der Waals surface area contributed by atoms with Gasteiger partial charge in [0.1, 0.15) is 11.3 Å². The molecule has 0 heterocycles. The Balaban J connectivity index is 1.98. The molecule has 2 aromatic carbocycles. The molecule has 0 aliphatic heterocycles. The highest BCUT2D eigenvalue weighted by Gasteiger charge is 2.23. The molecule has 1 amide bonds. The van der Waals surface area contributed by atoms with Gasteiger partial charge >= 0.3 is 5.97 Å². The minimum absolute atomic E-state index is 0.108. The highest BCUT2D eigenvalue weighted by atomic mass is 35.5. The summed E-state index contributed by atoms with van der Waals surface area (Å²) in [5.41, 5.74) is 7.26. The van der Waals surface area contributed by atoms with Crippen LogP contribution in [0.4, 0.5) is 5.69 Å². The Morgan fingerprint density at radius 3 is 2.50 bits per heavy atom. The first-order valence-electron chi connectivity index (χ1n) is 9.04. The molecule has 0 fully saturated rings. The van der Waals surface area contributed by atoms with Gasteiger partial charge in [-0.1, -0.05) is 48.9 Å². The van der Waals surface area contributed by atoms with E-state index in [1.54, 1.807) is 0 Å². The van der Waals surface area contributed by atoms with Crippen molar-refractivity contribution in [1.82, 2.24) is 5.32 Å². The number of nitrogen functional groups attached to an aromatic ring is 1. The maximum Gasteiger partial charge on any atom is 0.342 e. The summed E-state index contributed by atoms with van der Waals surface area (Å²) < 4.78 is 10.4. The zero-order chi connectivity index (χ0) is 20.7. The third kappa shape index (κ3) is 5.39. The Morgan fingerprint density at radius 1 is 1.21 bits per heavy atom. The van der Waals surface area contributed by atoms with Crippen LogP contribution in [0.5, 0.6) is 5.75 Å². The molecule has 0 radical (unpaired) electrons. The van der Waals surface area contributed by atoms with Gasteiger partial charge in [0.05, 0.1) is 17.8 Å². The van der Waals surface area contributed by atoms with Gasteiger partial charge in [-0.2, -0.15) is 0 Å². The first kappa shape index (κ1) is 21.6. The molecule has 0 aliphatic carbocycles. The van der Waals surface area contributed by atoms with E-state index in [1.165, 1.54) is 26.2 Å². The summed E-state index contributed by atoms with van der Waals surface area (Å²) in [5, 5.41) is 3.05. The number of nitrogens with two attached hydrogens (primary N) is 1. The maximum atomic E-state index is 12.4. The van der Waals surface area contributed by atoms with Gasteiger partial charge < -0.3 is 20.5 Å². The van der Waals surface area contributed by atoms with E-state index >= 15 is 0 Å². The lowest BCUT2D eigenvalue weighted by atomic mass is 9.96. The van der Waals surface area contributed by atoms with Gasteiger partial charge in [0.25, 0.3) is 5.91 Å². The number of benzene rings is 2. The normalized spacial score (nSPS) is 12.7. The van der Waals surface area contributed by atoms with Gasteiger partial charge in [0.2, 0.25) is 0 Å². The molecule has 0 aromatic heterocycles. The zero-order valence-electron chi connectivity index (χ0n) is 16.2. The van der Waals surface area contributed by atoms with E-state index < -0.39 is 12.1 Å². The summed E-state index contributed by atoms with van der Waals surface area (Å²) in [6.45, 7) is 4.03. The van der Waals surface area contributed by atoms with E-state index in [2.05, 4.69) is 12.2 Å². The highest BCUT2D eigenvalue weighted by molar-refractivity contribution is 6.33. The lowest BCUT2D eigenvalue weighted by Crippen LogP contribution is -2.38. The Hall–Kier alpha value is -2.73. The van der Waals surface area contributed by atoms with Crippen molar-refractivity contribution in [3.8, 4) is 5.75 Å². The number of hydrogen-bond donors (Lipinski definition) is 2. The molecule has 0 saturated heterocycles. The van der Waals surface area contributed by atoms with Crippen molar-refractivity contribution in [2.45, 2.75) is 32.3 Å². The molecule has 0 saturated carbocycles. The predicted octanol–water partition coefficient (Wildman–Crippen LogP) is 3.79. The van der Waals surface area contributed by atoms with E-state index in [0.717, 1.165) is 12.0 Å². The molecule has 0 spiro atoms. The summed E-state index contributed by atoms with van der Waals surface area (Å²) in [4.78, 5) is 24.8. The standard InChI is InChI=1S/C21H25ClN2O4/c1-4-14(15-8-6-5-7-9-15)12-24-20(25)13(2)28-21(26)16-10-17(22)18(23)11-19(16)27-3/h5-11,13-14H,4,12,23H2,1-3H3,(H,24,25)/t13-,14+/m1/s1. The minimum atomic E-state index is -0.971. The second kappa shape index (κ2) is 9.99. The molecule has 150 valence electrons. The number of carbonyl (C=O) groups is 2. The molecule has 0 bridgehead atoms. The fraction of sp³-hybridized carbons (Fsp3) is 0.333. The fourth-order valence-electron chi connectivity index (χ4n) is 2.77. The number of nitrogens with one attached hydrogen (secondary N) is 1. The molecule has 28 heavy (non-hydrogen) atoms. The Labute approximate surface area is 170 Å². The minimum Gasteiger partial charge on any atom is -0.496 e. The molecule has 6 nitrogen and oxygen atoms in total. The Morgan fingerprint density at radius 2 is 1.89 bits per heavy atom. The molecule has 0 unspecified atom stereocenters. The monoisotopic (exact) mass is 404 g/mol. The number of esters is 1. The second-order valence-corrected chi connectivity index (χ2v) is 6.79. The fourth-order valence-corrected chi connectivity index (χ4v) is 2.93. The number of anilines is 1.